The Labute approximate surface area is 154 Å². The van der Waals surface area contributed by atoms with Crippen LogP contribution in [0.2, 0.25) is 18.1 Å². The lowest BCUT2D eigenvalue weighted by molar-refractivity contribution is -0.109. The van der Waals surface area contributed by atoms with Crippen LogP contribution >= 0.6 is 0 Å². The first-order chi connectivity index (χ1) is 11.3. The number of amides is 1. The van der Waals surface area contributed by atoms with Gasteiger partial charge in [-0.2, -0.15) is 0 Å². The number of aldehydes is 1. The minimum absolute atomic E-state index is 0.0184. The summed E-state index contributed by atoms with van der Waals surface area (Å²) < 4.78 is 11.9. The molecule has 0 aromatic rings. The van der Waals surface area contributed by atoms with Gasteiger partial charge in [0.25, 0.3) is 0 Å². The van der Waals surface area contributed by atoms with Crippen molar-refractivity contribution in [1.29, 1.82) is 0 Å². The van der Waals surface area contributed by atoms with Crippen LogP contribution < -0.4 is 0 Å². The highest BCUT2D eigenvalue weighted by Gasteiger charge is 2.41. The number of carbonyl (C=O) groups excluding carboxylic acids is 2. The van der Waals surface area contributed by atoms with E-state index in [-0.39, 0.29) is 23.1 Å². The molecule has 1 fully saturated rings. The van der Waals surface area contributed by atoms with Gasteiger partial charge in [-0.25, -0.2) is 4.79 Å². The minimum atomic E-state index is -1.89. The Hall–Kier alpha value is -0.883. The van der Waals surface area contributed by atoms with Crippen LogP contribution in [0.5, 0.6) is 0 Å². The van der Waals surface area contributed by atoms with Gasteiger partial charge in [-0.3, -0.25) is 0 Å². The quantitative estimate of drug-likeness (QED) is 0.505. The normalized spacial score (nSPS) is 20.5. The molecule has 25 heavy (non-hydrogen) atoms. The van der Waals surface area contributed by atoms with Crippen LogP contribution in [-0.2, 0) is 14.0 Å². The van der Waals surface area contributed by atoms with E-state index in [9.17, 15) is 9.59 Å². The Balaban J connectivity index is 2.83. The van der Waals surface area contributed by atoms with Crippen molar-refractivity contribution in [3.8, 4) is 0 Å². The largest absolute Gasteiger partial charge is 0.444 e. The van der Waals surface area contributed by atoms with Crippen LogP contribution in [0.15, 0.2) is 0 Å². The third-order valence-electron chi connectivity index (χ3n) is 5.33. The molecule has 0 saturated carbocycles. The highest BCUT2D eigenvalue weighted by molar-refractivity contribution is 6.74. The topological polar surface area (TPSA) is 55.8 Å². The molecule has 0 aromatic heterocycles. The Kier molecular flexibility index (Phi) is 7.27. The fourth-order valence-electron chi connectivity index (χ4n) is 2.82. The maximum Gasteiger partial charge on any atom is 0.410 e. The zero-order valence-electron chi connectivity index (χ0n) is 17.3. The Bertz CT molecular complexity index is 465. The lowest BCUT2D eigenvalue weighted by Crippen LogP contribution is -2.47. The van der Waals surface area contributed by atoms with Gasteiger partial charge in [0, 0.05) is 31.5 Å². The molecule has 0 spiro atoms. The summed E-state index contributed by atoms with van der Waals surface area (Å²) >= 11 is 0. The van der Waals surface area contributed by atoms with E-state index >= 15 is 0 Å². The third kappa shape index (κ3) is 6.41. The number of hydrogen-bond acceptors (Lipinski definition) is 4. The molecular formula is C19H37NO4Si. The number of ether oxygens (including phenoxy) is 1. The molecular weight excluding hydrogens is 334 g/mol. The van der Waals surface area contributed by atoms with E-state index in [1.807, 2.05) is 20.8 Å². The van der Waals surface area contributed by atoms with Gasteiger partial charge in [0.1, 0.15) is 11.9 Å². The van der Waals surface area contributed by atoms with Gasteiger partial charge in [0.15, 0.2) is 8.32 Å². The SMILES string of the molecule is CC(C)(C)OC(=O)N1CCC[C@H]1[C@@H](CC=O)CO[Si](C)(C)C(C)(C)C. The fraction of sp³-hybridized carbons (Fsp3) is 0.895. The van der Waals surface area contributed by atoms with E-state index in [1.54, 1.807) is 4.90 Å². The predicted octanol–water partition coefficient (Wildman–Crippen LogP) is 4.61. The first-order valence-corrected chi connectivity index (χ1v) is 12.3. The molecule has 2 atom stereocenters. The number of hydrogen-bond donors (Lipinski definition) is 0. The lowest BCUT2D eigenvalue weighted by atomic mass is 9.96. The molecule has 1 heterocycles. The standard InChI is InChI=1S/C19H37NO4Si/c1-18(2,3)24-17(22)20-12-9-10-16(20)15(11-13-21)14-23-25(7,8)19(4,5)6/h13,15-16H,9-12,14H2,1-8H3/t15-,16-/m0/s1. The lowest BCUT2D eigenvalue weighted by Gasteiger charge is -2.39. The molecule has 146 valence electrons. The number of rotatable bonds is 6. The van der Waals surface area contributed by atoms with Gasteiger partial charge >= 0.3 is 6.09 Å². The zero-order valence-corrected chi connectivity index (χ0v) is 18.3. The van der Waals surface area contributed by atoms with Crippen LogP contribution in [-0.4, -0.2) is 50.4 Å². The molecule has 1 rings (SSSR count). The van der Waals surface area contributed by atoms with Crippen LogP contribution in [0, 0.1) is 5.92 Å². The molecule has 1 amide bonds. The van der Waals surface area contributed by atoms with Crippen LogP contribution in [0.25, 0.3) is 0 Å². The zero-order chi connectivity index (χ0) is 19.5. The molecule has 1 aliphatic rings. The van der Waals surface area contributed by atoms with Gasteiger partial charge in [0.2, 0.25) is 0 Å². The van der Waals surface area contributed by atoms with Gasteiger partial charge in [-0.05, 0) is 51.7 Å². The molecule has 0 N–H and O–H groups in total. The Morgan fingerprint density at radius 2 is 1.84 bits per heavy atom. The summed E-state index contributed by atoms with van der Waals surface area (Å²) in [5.74, 6) is 0.0293. The van der Waals surface area contributed by atoms with Crippen molar-refractivity contribution in [1.82, 2.24) is 4.90 Å². The summed E-state index contributed by atoms with van der Waals surface area (Å²) in [6, 6.07) is 0.0184. The monoisotopic (exact) mass is 371 g/mol. The van der Waals surface area contributed by atoms with Crippen molar-refractivity contribution in [3.05, 3.63) is 0 Å². The number of nitrogens with zero attached hydrogens (tertiary/aromatic N) is 1. The van der Waals surface area contributed by atoms with Crippen molar-refractivity contribution < 1.29 is 18.8 Å². The molecule has 0 aliphatic carbocycles. The second-order valence-corrected chi connectivity index (χ2v) is 14.4. The summed E-state index contributed by atoms with van der Waals surface area (Å²) in [6.45, 7) is 17.9. The van der Waals surface area contributed by atoms with Gasteiger partial charge in [-0.15, -0.1) is 0 Å². The van der Waals surface area contributed by atoms with Crippen molar-refractivity contribution in [2.24, 2.45) is 5.92 Å². The van der Waals surface area contributed by atoms with E-state index in [4.69, 9.17) is 9.16 Å². The van der Waals surface area contributed by atoms with E-state index in [0.717, 1.165) is 19.1 Å². The predicted molar refractivity (Wildman–Crippen MR) is 103 cm³/mol. The van der Waals surface area contributed by atoms with Crippen molar-refractivity contribution >= 4 is 20.7 Å². The van der Waals surface area contributed by atoms with Gasteiger partial charge < -0.3 is 18.9 Å². The average Bonchev–Trinajstić information content (AvgIpc) is 2.89. The maximum atomic E-state index is 12.5. The highest BCUT2D eigenvalue weighted by atomic mass is 28.4. The molecule has 5 nitrogen and oxygen atoms in total. The summed E-state index contributed by atoms with van der Waals surface area (Å²) in [5, 5.41) is 0.124. The molecule has 0 unspecified atom stereocenters. The fourth-order valence-corrected chi connectivity index (χ4v) is 3.89. The summed E-state index contributed by atoms with van der Waals surface area (Å²) in [6.07, 6.45) is 2.93. The van der Waals surface area contributed by atoms with Gasteiger partial charge in [0.05, 0.1) is 0 Å². The molecule has 0 aromatic carbocycles. The summed E-state index contributed by atoms with van der Waals surface area (Å²) in [7, 11) is -1.89. The van der Waals surface area contributed by atoms with Gasteiger partial charge in [-0.1, -0.05) is 20.8 Å². The Morgan fingerprint density at radius 3 is 2.32 bits per heavy atom. The molecule has 6 heteroatoms. The molecule has 1 saturated heterocycles. The molecule has 0 radical (unpaired) electrons. The number of carbonyl (C=O) groups is 2. The first-order valence-electron chi connectivity index (χ1n) is 9.36. The summed E-state index contributed by atoms with van der Waals surface area (Å²) in [4.78, 5) is 25.5. The van der Waals surface area contributed by atoms with E-state index < -0.39 is 13.9 Å². The first kappa shape index (κ1) is 22.2. The smallest absolute Gasteiger partial charge is 0.410 e. The van der Waals surface area contributed by atoms with E-state index in [0.29, 0.717) is 19.6 Å². The van der Waals surface area contributed by atoms with Crippen molar-refractivity contribution in [2.75, 3.05) is 13.2 Å². The minimum Gasteiger partial charge on any atom is -0.444 e. The van der Waals surface area contributed by atoms with Crippen molar-refractivity contribution in [2.45, 2.75) is 90.6 Å². The average molecular weight is 372 g/mol. The van der Waals surface area contributed by atoms with Crippen LogP contribution in [0.1, 0.15) is 60.8 Å². The molecule has 1 aliphatic heterocycles. The Morgan fingerprint density at radius 1 is 1.24 bits per heavy atom. The van der Waals surface area contributed by atoms with E-state index in [1.165, 1.54) is 0 Å². The highest BCUT2D eigenvalue weighted by Crippen LogP contribution is 2.37. The van der Waals surface area contributed by atoms with E-state index in [2.05, 4.69) is 33.9 Å². The second-order valence-electron chi connectivity index (χ2n) is 9.62. The molecule has 0 bridgehead atoms. The summed E-state index contributed by atoms with van der Waals surface area (Å²) in [5.41, 5.74) is -0.512. The van der Waals surface area contributed by atoms with Crippen molar-refractivity contribution in [3.63, 3.8) is 0 Å². The number of likely N-dealkylation sites (tertiary alicyclic amines) is 1. The van der Waals surface area contributed by atoms with Crippen LogP contribution in [0.4, 0.5) is 4.79 Å². The maximum absolute atomic E-state index is 12.5. The van der Waals surface area contributed by atoms with Crippen LogP contribution in [0.3, 0.4) is 0 Å². The third-order valence-corrected chi connectivity index (χ3v) is 9.84. The second kappa shape index (κ2) is 8.21.